The van der Waals surface area contributed by atoms with Gasteiger partial charge in [-0.15, -0.1) is 0 Å². The predicted molar refractivity (Wildman–Crippen MR) is 154 cm³/mol. The van der Waals surface area contributed by atoms with Crippen LogP contribution in [0, 0.1) is 0 Å². The molecule has 0 radical (unpaired) electrons. The number of anilines is 1. The van der Waals surface area contributed by atoms with Gasteiger partial charge in [-0.05, 0) is 61.7 Å². The first kappa shape index (κ1) is 29.4. The van der Waals surface area contributed by atoms with E-state index in [4.69, 9.17) is 0 Å². The van der Waals surface area contributed by atoms with Crippen molar-refractivity contribution in [2.45, 2.75) is 43.9 Å². The Bertz CT molecular complexity index is 1340. The molecule has 1 N–H and O–H groups in total. The highest BCUT2D eigenvalue weighted by atomic mass is 32.2. The average Bonchev–Trinajstić information content (AvgIpc) is 2.93. The monoisotopic (exact) mass is 567 g/mol. The number of carbonyl (C=O) groups is 2. The van der Waals surface area contributed by atoms with Crippen LogP contribution in [0.25, 0.3) is 6.08 Å². The van der Waals surface area contributed by atoms with Gasteiger partial charge in [0.1, 0.15) is 6.54 Å². The number of benzene rings is 3. The minimum absolute atomic E-state index is 0.154. The van der Waals surface area contributed by atoms with Crippen LogP contribution in [-0.4, -0.2) is 42.4 Å². The van der Waals surface area contributed by atoms with E-state index in [0.717, 1.165) is 36.5 Å². The number of alkyl halides is 3. The number of hydrogen-bond donors (Lipinski definition) is 1. The van der Waals surface area contributed by atoms with Crippen molar-refractivity contribution >= 4 is 35.3 Å². The van der Waals surface area contributed by atoms with Gasteiger partial charge in [-0.3, -0.25) is 19.4 Å². The number of rotatable bonds is 10. The normalized spacial score (nSPS) is 14.6. The molecule has 2 amide bonds. The first-order valence-electron chi connectivity index (χ1n) is 13.1. The highest BCUT2D eigenvalue weighted by Crippen LogP contribution is 2.42. The number of fused-ring (bicyclic) bond motifs is 1. The molecule has 1 aliphatic heterocycles. The van der Waals surface area contributed by atoms with Gasteiger partial charge >= 0.3 is 6.18 Å². The van der Waals surface area contributed by atoms with E-state index < -0.39 is 11.7 Å². The number of hydrogen-bond acceptors (Lipinski definition) is 4. The molecule has 5 nitrogen and oxygen atoms in total. The Balaban J connectivity index is 1.38. The van der Waals surface area contributed by atoms with Gasteiger partial charge in [0.25, 0.3) is 5.91 Å². The number of para-hydroxylation sites is 1. The van der Waals surface area contributed by atoms with E-state index in [-0.39, 0.29) is 18.4 Å². The second-order valence-corrected chi connectivity index (χ2v) is 10.9. The Morgan fingerprint density at radius 1 is 1.00 bits per heavy atom. The lowest BCUT2D eigenvalue weighted by molar-refractivity contribution is -0.137. The van der Waals surface area contributed by atoms with Gasteiger partial charge in [0, 0.05) is 30.6 Å². The summed E-state index contributed by atoms with van der Waals surface area (Å²) in [5, 5.41) is 2.93. The van der Waals surface area contributed by atoms with E-state index >= 15 is 0 Å². The number of amides is 2. The summed E-state index contributed by atoms with van der Waals surface area (Å²) in [4.78, 5) is 31.2. The van der Waals surface area contributed by atoms with Crippen LogP contribution in [-0.2, 0) is 22.3 Å². The van der Waals surface area contributed by atoms with Crippen molar-refractivity contribution in [3.05, 3.63) is 100 Å². The summed E-state index contributed by atoms with van der Waals surface area (Å²) in [6.45, 7) is 6.26. The van der Waals surface area contributed by atoms with Gasteiger partial charge in [-0.25, -0.2) is 0 Å². The smallest absolute Gasteiger partial charge is 0.355 e. The van der Waals surface area contributed by atoms with Crippen molar-refractivity contribution in [3.8, 4) is 0 Å². The number of halogens is 3. The Labute approximate surface area is 237 Å². The van der Waals surface area contributed by atoms with Crippen LogP contribution in [0.2, 0.25) is 0 Å². The molecule has 0 spiro atoms. The summed E-state index contributed by atoms with van der Waals surface area (Å²) < 4.78 is 38.8. The Kier molecular flexibility index (Phi) is 9.71. The van der Waals surface area contributed by atoms with Gasteiger partial charge < -0.3 is 5.32 Å². The molecule has 1 heterocycles. The molecular formula is C31H32F3N3O2S. The van der Waals surface area contributed by atoms with E-state index in [0.29, 0.717) is 28.7 Å². The molecule has 0 atom stereocenters. The Hall–Kier alpha value is -3.56. The third-order valence-corrected chi connectivity index (χ3v) is 7.65. The molecule has 0 unspecified atom stereocenters. The topological polar surface area (TPSA) is 52.7 Å². The summed E-state index contributed by atoms with van der Waals surface area (Å²) in [6.07, 6.45) is -2.11. The van der Waals surface area contributed by atoms with Gasteiger partial charge in [-0.2, -0.15) is 13.2 Å². The van der Waals surface area contributed by atoms with E-state index in [1.54, 1.807) is 18.2 Å². The molecule has 0 aromatic heterocycles. The van der Waals surface area contributed by atoms with E-state index in [1.165, 1.54) is 34.4 Å². The number of carbonyl (C=O) groups excluding carboxylic acids is 2. The van der Waals surface area contributed by atoms with E-state index in [9.17, 15) is 22.8 Å². The maximum absolute atomic E-state index is 13.4. The zero-order valence-electron chi connectivity index (χ0n) is 22.4. The molecule has 3 aromatic carbocycles. The largest absolute Gasteiger partial charge is 0.416 e. The van der Waals surface area contributed by atoms with Crippen molar-refractivity contribution in [3.63, 3.8) is 0 Å². The van der Waals surface area contributed by atoms with Gasteiger partial charge in [0.05, 0.1) is 16.2 Å². The molecule has 0 bridgehead atoms. The van der Waals surface area contributed by atoms with Gasteiger partial charge in [0.15, 0.2) is 0 Å². The number of nitrogens with one attached hydrogen (secondary N) is 1. The third kappa shape index (κ3) is 7.76. The fraction of sp³-hybridized carbons (Fsp3) is 0.290. The molecule has 9 heteroatoms. The quantitative estimate of drug-likeness (QED) is 0.222. The zero-order valence-corrected chi connectivity index (χ0v) is 23.3. The zero-order chi connectivity index (χ0) is 28.7. The minimum atomic E-state index is -4.43. The summed E-state index contributed by atoms with van der Waals surface area (Å²) in [7, 11) is 0. The second-order valence-electron chi connectivity index (χ2n) is 9.84. The summed E-state index contributed by atoms with van der Waals surface area (Å²) >= 11 is 1.24. The molecule has 4 rings (SSSR count). The third-order valence-electron chi connectivity index (χ3n) is 6.57. The predicted octanol–water partition coefficient (Wildman–Crippen LogP) is 6.60. The maximum Gasteiger partial charge on any atom is 0.416 e. The minimum Gasteiger partial charge on any atom is -0.355 e. The van der Waals surface area contributed by atoms with Crippen molar-refractivity contribution in [2.24, 2.45) is 0 Å². The average molecular weight is 568 g/mol. The highest BCUT2D eigenvalue weighted by Gasteiger charge is 2.31. The molecule has 0 saturated heterocycles. The van der Waals surface area contributed by atoms with Crippen LogP contribution in [0.1, 0.15) is 37.0 Å². The molecule has 210 valence electrons. The van der Waals surface area contributed by atoms with Crippen LogP contribution in [0.4, 0.5) is 18.9 Å². The van der Waals surface area contributed by atoms with Gasteiger partial charge in [-0.1, -0.05) is 66.4 Å². The Morgan fingerprint density at radius 3 is 2.35 bits per heavy atom. The lowest BCUT2D eigenvalue weighted by Crippen LogP contribution is -2.43. The van der Waals surface area contributed by atoms with Crippen LogP contribution in [0.15, 0.2) is 88.7 Å². The first-order valence-corrected chi connectivity index (χ1v) is 14.0. The van der Waals surface area contributed by atoms with Crippen LogP contribution >= 0.6 is 11.8 Å². The molecule has 3 aromatic rings. The summed E-state index contributed by atoms with van der Waals surface area (Å²) in [6, 6.07) is 22.5. The first-order chi connectivity index (χ1) is 19.1. The Morgan fingerprint density at radius 2 is 1.68 bits per heavy atom. The van der Waals surface area contributed by atoms with Gasteiger partial charge in [0.2, 0.25) is 5.91 Å². The number of thioether (sulfide) groups is 1. The van der Waals surface area contributed by atoms with Crippen molar-refractivity contribution in [2.75, 3.05) is 24.5 Å². The summed E-state index contributed by atoms with van der Waals surface area (Å²) in [5.41, 5.74) is 1.59. The lowest BCUT2D eigenvalue weighted by atomic mass is 10.1. The lowest BCUT2D eigenvalue weighted by Gasteiger charge is -2.30. The fourth-order valence-electron chi connectivity index (χ4n) is 4.39. The van der Waals surface area contributed by atoms with Crippen LogP contribution in [0.3, 0.4) is 0 Å². The SMILES string of the molecule is CC(C)N(CCCNC(=O)CN1C(=O)C(=Cc2ccc(C(F)(F)F)cc2)Sc2ccccc21)Cc1ccccc1. The molecular weight excluding hydrogens is 535 g/mol. The highest BCUT2D eigenvalue weighted by molar-refractivity contribution is 8.04. The van der Waals surface area contributed by atoms with Crippen LogP contribution in [0.5, 0.6) is 0 Å². The van der Waals surface area contributed by atoms with Crippen molar-refractivity contribution in [1.82, 2.24) is 10.2 Å². The van der Waals surface area contributed by atoms with E-state index in [2.05, 4.69) is 36.2 Å². The molecule has 0 aliphatic carbocycles. The molecule has 1 aliphatic rings. The van der Waals surface area contributed by atoms with E-state index in [1.807, 2.05) is 30.3 Å². The maximum atomic E-state index is 13.4. The standard InChI is InChI=1S/C31H32F3N3O2S/c1-22(2)36(20-24-9-4-3-5-10-24)18-8-17-35-29(38)21-37-26-11-6-7-12-27(26)40-28(30(37)39)19-23-13-15-25(16-14-23)31(32,33)34/h3-7,9-16,19,22H,8,17-18,20-21H2,1-2H3,(H,35,38). The molecule has 0 saturated carbocycles. The summed E-state index contributed by atoms with van der Waals surface area (Å²) in [5.74, 6) is -0.643. The number of nitrogens with zero attached hydrogens (tertiary/aromatic N) is 2. The fourth-order valence-corrected chi connectivity index (χ4v) is 5.44. The molecule has 0 fully saturated rings. The van der Waals surface area contributed by atoms with Crippen LogP contribution < -0.4 is 10.2 Å². The van der Waals surface area contributed by atoms with Crippen molar-refractivity contribution in [1.29, 1.82) is 0 Å². The molecule has 40 heavy (non-hydrogen) atoms. The second kappa shape index (κ2) is 13.2. The van der Waals surface area contributed by atoms with Crippen molar-refractivity contribution < 1.29 is 22.8 Å².